The van der Waals surface area contributed by atoms with Crippen molar-refractivity contribution in [2.24, 2.45) is 5.73 Å². The molecule has 0 saturated heterocycles. The van der Waals surface area contributed by atoms with E-state index in [0.29, 0.717) is 6.61 Å². The van der Waals surface area contributed by atoms with Gasteiger partial charge in [-0.05, 0) is 49.1 Å². The van der Waals surface area contributed by atoms with E-state index in [1.165, 1.54) is 11.1 Å². The lowest BCUT2D eigenvalue weighted by molar-refractivity contribution is 0.363. The third kappa shape index (κ3) is 5.84. The molecule has 0 amide bonds. The van der Waals surface area contributed by atoms with Crippen LogP contribution in [0.1, 0.15) is 24.5 Å². The molecule has 0 spiro atoms. The van der Waals surface area contributed by atoms with Gasteiger partial charge in [-0.3, -0.25) is 0 Å². The van der Waals surface area contributed by atoms with Crippen LogP contribution in [0.2, 0.25) is 0 Å². The average molecular weight is 281 g/mol. The number of ether oxygens (including phenoxy) is 1. The molecular formula is C19H23NO. The number of aryl methyl sites for hydroxylation is 1. The zero-order chi connectivity index (χ0) is 14.9. The predicted molar refractivity (Wildman–Crippen MR) is 89.4 cm³/mol. The van der Waals surface area contributed by atoms with Crippen LogP contribution in [0.25, 0.3) is 6.08 Å². The van der Waals surface area contributed by atoms with Crippen LogP contribution in [0.15, 0.2) is 60.7 Å². The van der Waals surface area contributed by atoms with Gasteiger partial charge >= 0.3 is 0 Å². The molecule has 0 heterocycles. The Kier molecular flexibility index (Phi) is 6.04. The fourth-order valence-corrected chi connectivity index (χ4v) is 2.04. The van der Waals surface area contributed by atoms with E-state index in [1.807, 2.05) is 43.3 Å². The highest BCUT2D eigenvalue weighted by Crippen LogP contribution is 2.14. The molecule has 0 fully saturated rings. The Hall–Kier alpha value is -2.06. The van der Waals surface area contributed by atoms with Gasteiger partial charge in [0.25, 0.3) is 0 Å². The SMILES string of the molecule is CC(N)CCc1ccc(OC/C=C/c2ccccc2)cc1. The highest BCUT2D eigenvalue weighted by atomic mass is 16.5. The van der Waals surface area contributed by atoms with Crippen molar-refractivity contribution in [3.8, 4) is 5.75 Å². The van der Waals surface area contributed by atoms with Crippen molar-refractivity contribution in [2.45, 2.75) is 25.8 Å². The second-order valence-corrected chi connectivity index (χ2v) is 5.28. The molecule has 0 aromatic heterocycles. The first-order valence-corrected chi connectivity index (χ1v) is 7.43. The molecular weight excluding hydrogens is 258 g/mol. The summed E-state index contributed by atoms with van der Waals surface area (Å²) in [6, 6.07) is 18.7. The maximum absolute atomic E-state index is 5.77. The Bertz CT molecular complexity index is 544. The molecule has 1 unspecified atom stereocenters. The van der Waals surface area contributed by atoms with Gasteiger partial charge in [0.05, 0.1) is 0 Å². The van der Waals surface area contributed by atoms with Crippen molar-refractivity contribution < 1.29 is 4.74 Å². The first-order valence-electron chi connectivity index (χ1n) is 7.43. The molecule has 0 bridgehead atoms. The van der Waals surface area contributed by atoms with Gasteiger partial charge < -0.3 is 10.5 Å². The molecule has 2 aromatic rings. The van der Waals surface area contributed by atoms with Crippen LogP contribution < -0.4 is 10.5 Å². The lowest BCUT2D eigenvalue weighted by Gasteiger charge is -2.07. The lowest BCUT2D eigenvalue weighted by Crippen LogP contribution is -2.15. The molecule has 21 heavy (non-hydrogen) atoms. The van der Waals surface area contributed by atoms with E-state index in [0.717, 1.165) is 18.6 Å². The number of hydrogen-bond donors (Lipinski definition) is 1. The molecule has 0 saturated carbocycles. The highest BCUT2D eigenvalue weighted by Gasteiger charge is 1.98. The van der Waals surface area contributed by atoms with Crippen LogP contribution >= 0.6 is 0 Å². The van der Waals surface area contributed by atoms with Crippen LogP contribution in [0.3, 0.4) is 0 Å². The third-order valence-corrected chi connectivity index (χ3v) is 3.27. The van der Waals surface area contributed by atoms with Gasteiger partial charge in [0.1, 0.15) is 12.4 Å². The standard InChI is InChI=1S/C19H23NO/c1-16(20)9-10-18-11-13-19(14-12-18)21-15-5-8-17-6-3-2-4-7-17/h2-8,11-14,16H,9-10,15,20H2,1H3/b8-5+. The van der Waals surface area contributed by atoms with Crippen LogP contribution in [0, 0.1) is 0 Å². The van der Waals surface area contributed by atoms with Crippen LogP contribution in [-0.2, 0) is 6.42 Å². The molecule has 0 aliphatic carbocycles. The molecule has 2 aromatic carbocycles. The van der Waals surface area contributed by atoms with E-state index in [4.69, 9.17) is 10.5 Å². The van der Waals surface area contributed by atoms with E-state index in [1.54, 1.807) is 0 Å². The smallest absolute Gasteiger partial charge is 0.119 e. The molecule has 110 valence electrons. The Balaban J connectivity index is 1.77. The Labute approximate surface area is 127 Å². The Morgan fingerprint density at radius 1 is 1.05 bits per heavy atom. The summed E-state index contributed by atoms with van der Waals surface area (Å²) in [7, 11) is 0. The quantitative estimate of drug-likeness (QED) is 0.830. The molecule has 2 nitrogen and oxygen atoms in total. The van der Waals surface area contributed by atoms with E-state index < -0.39 is 0 Å². The topological polar surface area (TPSA) is 35.2 Å². The summed E-state index contributed by atoms with van der Waals surface area (Å²) in [5.74, 6) is 0.900. The second kappa shape index (κ2) is 8.28. The summed E-state index contributed by atoms with van der Waals surface area (Å²) < 4.78 is 5.70. The summed E-state index contributed by atoms with van der Waals surface area (Å²) >= 11 is 0. The van der Waals surface area contributed by atoms with Crippen LogP contribution in [0.5, 0.6) is 5.75 Å². The monoisotopic (exact) mass is 281 g/mol. The van der Waals surface area contributed by atoms with E-state index in [2.05, 4.69) is 30.3 Å². The number of nitrogens with two attached hydrogens (primary N) is 1. The molecule has 0 radical (unpaired) electrons. The number of hydrogen-bond acceptors (Lipinski definition) is 2. The van der Waals surface area contributed by atoms with Gasteiger partial charge in [0.15, 0.2) is 0 Å². The van der Waals surface area contributed by atoms with Crippen molar-refractivity contribution in [3.63, 3.8) is 0 Å². The first kappa shape index (κ1) is 15.3. The van der Waals surface area contributed by atoms with Crippen molar-refractivity contribution in [1.29, 1.82) is 0 Å². The van der Waals surface area contributed by atoms with Crippen molar-refractivity contribution in [1.82, 2.24) is 0 Å². The maximum Gasteiger partial charge on any atom is 0.119 e. The summed E-state index contributed by atoms with van der Waals surface area (Å²) in [6.07, 6.45) is 6.13. The summed E-state index contributed by atoms with van der Waals surface area (Å²) in [4.78, 5) is 0. The van der Waals surface area contributed by atoms with Crippen molar-refractivity contribution >= 4 is 6.08 Å². The van der Waals surface area contributed by atoms with Gasteiger partial charge in [0, 0.05) is 6.04 Å². The minimum absolute atomic E-state index is 0.254. The van der Waals surface area contributed by atoms with Crippen LogP contribution in [0.4, 0.5) is 0 Å². The zero-order valence-corrected chi connectivity index (χ0v) is 12.5. The van der Waals surface area contributed by atoms with Crippen molar-refractivity contribution in [3.05, 3.63) is 71.8 Å². The predicted octanol–water partition coefficient (Wildman–Crippen LogP) is 4.06. The minimum Gasteiger partial charge on any atom is -0.490 e. The second-order valence-electron chi connectivity index (χ2n) is 5.28. The maximum atomic E-state index is 5.77. The number of rotatable bonds is 7. The first-order chi connectivity index (χ1) is 10.2. The van der Waals surface area contributed by atoms with Gasteiger partial charge in [-0.25, -0.2) is 0 Å². The molecule has 1 atom stereocenters. The normalized spacial score (nSPS) is 12.5. The third-order valence-electron chi connectivity index (χ3n) is 3.27. The fourth-order valence-electron chi connectivity index (χ4n) is 2.04. The summed E-state index contributed by atoms with van der Waals surface area (Å²) in [5.41, 5.74) is 8.26. The van der Waals surface area contributed by atoms with E-state index in [-0.39, 0.29) is 6.04 Å². The molecule has 2 heteroatoms. The molecule has 0 aliphatic rings. The van der Waals surface area contributed by atoms with Gasteiger partial charge in [-0.15, -0.1) is 0 Å². The fraction of sp³-hybridized carbons (Fsp3) is 0.263. The molecule has 2 rings (SSSR count). The van der Waals surface area contributed by atoms with Gasteiger partial charge in [-0.1, -0.05) is 48.5 Å². The van der Waals surface area contributed by atoms with Crippen molar-refractivity contribution in [2.75, 3.05) is 6.61 Å². The van der Waals surface area contributed by atoms with E-state index in [9.17, 15) is 0 Å². The van der Waals surface area contributed by atoms with Gasteiger partial charge in [0.2, 0.25) is 0 Å². The van der Waals surface area contributed by atoms with E-state index >= 15 is 0 Å². The van der Waals surface area contributed by atoms with Gasteiger partial charge in [-0.2, -0.15) is 0 Å². The Morgan fingerprint density at radius 3 is 2.43 bits per heavy atom. The largest absolute Gasteiger partial charge is 0.490 e. The summed E-state index contributed by atoms with van der Waals surface area (Å²) in [5, 5.41) is 0. The zero-order valence-electron chi connectivity index (χ0n) is 12.5. The minimum atomic E-state index is 0.254. The number of benzene rings is 2. The molecule has 2 N–H and O–H groups in total. The van der Waals surface area contributed by atoms with Crippen LogP contribution in [-0.4, -0.2) is 12.6 Å². The average Bonchev–Trinajstić information content (AvgIpc) is 2.52. The molecule has 0 aliphatic heterocycles. The lowest BCUT2D eigenvalue weighted by atomic mass is 10.1. The Morgan fingerprint density at radius 2 is 1.76 bits per heavy atom. The summed E-state index contributed by atoms with van der Waals surface area (Å²) in [6.45, 7) is 2.62. The highest BCUT2D eigenvalue weighted by molar-refractivity contribution is 5.48.